The summed E-state index contributed by atoms with van der Waals surface area (Å²) in [6.07, 6.45) is 8.58. The van der Waals surface area contributed by atoms with Crippen molar-refractivity contribution in [2.45, 2.75) is 45.9 Å². The Morgan fingerprint density at radius 1 is 1.19 bits per heavy atom. The average Bonchev–Trinajstić information content (AvgIpc) is 2.94. The number of ether oxygens (including phenoxy) is 1. The molecule has 0 fully saturated rings. The molecule has 0 spiro atoms. The van der Waals surface area contributed by atoms with Crippen molar-refractivity contribution in [3.8, 4) is 23.2 Å². The molecule has 3 rings (SSSR count). The number of fused-ring (bicyclic) bond motifs is 1. The van der Waals surface area contributed by atoms with Crippen molar-refractivity contribution in [3.05, 3.63) is 40.4 Å². The maximum Gasteiger partial charge on any atom is 0.206 e. The Balaban J connectivity index is 1.99. The Labute approximate surface area is 167 Å². The standard InChI is InChI=1S/C21H27ClNO3P/c1-4-19(27(5-2)6-3)26-18-13-14(11-12-17(18)22)23-20(24)15-9-7-8-10-16(15)21(23)25/h7,9,11-13,19,24-25H,4-6,8,10H2,1-3H3. The van der Waals surface area contributed by atoms with Gasteiger partial charge in [-0.15, -0.1) is 0 Å². The van der Waals surface area contributed by atoms with E-state index in [1.54, 1.807) is 18.2 Å². The molecule has 27 heavy (non-hydrogen) atoms. The number of hydrogen-bond donors (Lipinski definition) is 2. The highest BCUT2D eigenvalue weighted by molar-refractivity contribution is 7.58. The average molecular weight is 408 g/mol. The minimum atomic E-state index is -0.226. The van der Waals surface area contributed by atoms with Gasteiger partial charge in [0.1, 0.15) is 11.6 Å². The van der Waals surface area contributed by atoms with Crippen molar-refractivity contribution >= 4 is 25.6 Å². The van der Waals surface area contributed by atoms with Crippen LogP contribution in [0.15, 0.2) is 24.3 Å². The summed E-state index contributed by atoms with van der Waals surface area (Å²) in [5, 5.41) is 21.8. The van der Waals surface area contributed by atoms with E-state index in [0.29, 0.717) is 28.4 Å². The zero-order valence-electron chi connectivity index (χ0n) is 16.1. The molecule has 1 unspecified atom stereocenters. The van der Waals surface area contributed by atoms with Crippen molar-refractivity contribution < 1.29 is 14.9 Å². The lowest BCUT2D eigenvalue weighted by atomic mass is 10.0. The lowest BCUT2D eigenvalue weighted by Gasteiger charge is -2.26. The smallest absolute Gasteiger partial charge is 0.206 e. The van der Waals surface area contributed by atoms with Crippen molar-refractivity contribution in [2.24, 2.45) is 0 Å². The molecule has 1 aliphatic rings. The first-order chi connectivity index (χ1) is 13.0. The van der Waals surface area contributed by atoms with Crippen LogP contribution in [0, 0.1) is 0 Å². The quantitative estimate of drug-likeness (QED) is 0.542. The van der Waals surface area contributed by atoms with E-state index in [9.17, 15) is 10.2 Å². The number of nitrogens with zero attached hydrogens (tertiary/aromatic N) is 1. The predicted octanol–water partition coefficient (Wildman–Crippen LogP) is 6.14. The normalized spacial score (nSPS) is 14.4. The third-order valence-electron chi connectivity index (χ3n) is 5.11. The lowest BCUT2D eigenvalue weighted by Crippen LogP contribution is -2.16. The molecule has 6 heteroatoms. The fourth-order valence-corrected chi connectivity index (χ4v) is 5.82. The Morgan fingerprint density at radius 3 is 2.56 bits per heavy atom. The lowest BCUT2D eigenvalue weighted by molar-refractivity contribution is 0.277. The van der Waals surface area contributed by atoms with Crippen LogP contribution in [0.1, 0.15) is 44.7 Å². The van der Waals surface area contributed by atoms with Crippen LogP contribution in [0.5, 0.6) is 17.5 Å². The van der Waals surface area contributed by atoms with Crippen LogP contribution >= 0.6 is 19.5 Å². The van der Waals surface area contributed by atoms with E-state index in [2.05, 4.69) is 20.8 Å². The minimum Gasteiger partial charge on any atom is -0.494 e. The van der Waals surface area contributed by atoms with Crippen LogP contribution < -0.4 is 4.74 Å². The molecule has 0 saturated carbocycles. The van der Waals surface area contributed by atoms with Gasteiger partial charge in [-0.05, 0) is 43.7 Å². The number of aromatic nitrogens is 1. The van der Waals surface area contributed by atoms with Gasteiger partial charge in [0.2, 0.25) is 11.8 Å². The summed E-state index contributed by atoms with van der Waals surface area (Å²) >= 11 is 6.39. The molecule has 146 valence electrons. The molecule has 1 atom stereocenters. The number of aromatic hydroxyl groups is 2. The summed E-state index contributed by atoms with van der Waals surface area (Å²) in [6.45, 7) is 6.54. The second-order valence-electron chi connectivity index (χ2n) is 6.63. The van der Waals surface area contributed by atoms with Crippen LogP contribution in [0.3, 0.4) is 0 Å². The monoisotopic (exact) mass is 407 g/mol. The molecule has 0 saturated heterocycles. The number of hydrogen-bond acceptors (Lipinski definition) is 3. The molecule has 1 aliphatic carbocycles. The van der Waals surface area contributed by atoms with Gasteiger partial charge in [-0.25, -0.2) is 0 Å². The Morgan fingerprint density at radius 2 is 1.93 bits per heavy atom. The topological polar surface area (TPSA) is 54.6 Å². The first kappa shape index (κ1) is 20.1. The Hall–Kier alpha value is -1.64. The molecule has 1 aromatic carbocycles. The SMILES string of the molecule is CCC(Oc1cc(-n2c(O)c3c(c2O)CCC=C3)ccc1Cl)P(CC)CC. The van der Waals surface area contributed by atoms with Crippen LogP contribution in [0.25, 0.3) is 11.8 Å². The van der Waals surface area contributed by atoms with E-state index < -0.39 is 0 Å². The summed E-state index contributed by atoms with van der Waals surface area (Å²) in [6, 6.07) is 5.35. The molecule has 0 amide bonds. The molecule has 0 bridgehead atoms. The highest BCUT2D eigenvalue weighted by Gasteiger charge is 2.24. The first-order valence-corrected chi connectivity index (χ1v) is 11.7. The summed E-state index contributed by atoms with van der Waals surface area (Å²) in [7, 11) is -0.226. The van der Waals surface area contributed by atoms with Gasteiger partial charge in [0.05, 0.1) is 10.7 Å². The Kier molecular flexibility index (Phi) is 6.39. The van der Waals surface area contributed by atoms with Crippen molar-refractivity contribution in [1.29, 1.82) is 0 Å². The minimum absolute atomic E-state index is 0.0446. The van der Waals surface area contributed by atoms with Gasteiger partial charge in [-0.1, -0.05) is 52.4 Å². The summed E-state index contributed by atoms with van der Waals surface area (Å²) < 4.78 is 7.75. The molecular weight excluding hydrogens is 381 g/mol. The fraction of sp³-hybridized carbons (Fsp3) is 0.429. The van der Waals surface area contributed by atoms with E-state index in [1.165, 1.54) is 4.57 Å². The third-order valence-corrected chi connectivity index (χ3v) is 8.33. The molecule has 1 aromatic heterocycles. The van der Waals surface area contributed by atoms with E-state index in [1.807, 2.05) is 12.2 Å². The highest BCUT2D eigenvalue weighted by atomic mass is 35.5. The van der Waals surface area contributed by atoms with Crippen molar-refractivity contribution in [3.63, 3.8) is 0 Å². The predicted molar refractivity (Wildman–Crippen MR) is 114 cm³/mol. The molecule has 2 aromatic rings. The molecule has 1 heterocycles. The molecule has 0 radical (unpaired) electrons. The number of benzene rings is 1. The van der Waals surface area contributed by atoms with E-state index in [4.69, 9.17) is 16.3 Å². The molecule has 2 N–H and O–H groups in total. The van der Waals surface area contributed by atoms with E-state index in [0.717, 1.165) is 30.7 Å². The zero-order chi connectivity index (χ0) is 19.6. The fourth-order valence-electron chi connectivity index (χ4n) is 3.62. The van der Waals surface area contributed by atoms with Crippen LogP contribution in [-0.4, -0.2) is 32.9 Å². The van der Waals surface area contributed by atoms with Crippen LogP contribution in [-0.2, 0) is 6.42 Å². The van der Waals surface area contributed by atoms with Crippen molar-refractivity contribution in [2.75, 3.05) is 12.3 Å². The van der Waals surface area contributed by atoms with Crippen LogP contribution in [0.4, 0.5) is 0 Å². The molecular formula is C21H27ClNO3P. The van der Waals surface area contributed by atoms with Gasteiger partial charge in [0, 0.05) is 17.2 Å². The summed E-state index contributed by atoms with van der Waals surface area (Å²) in [5.41, 5.74) is 2.10. The number of allylic oxidation sites excluding steroid dienone is 1. The zero-order valence-corrected chi connectivity index (χ0v) is 17.7. The largest absolute Gasteiger partial charge is 0.494 e. The number of halogens is 1. The Bertz CT molecular complexity index is 842. The van der Waals surface area contributed by atoms with Gasteiger partial charge in [0.25, 0.3) is 0 Å². The maximum atomic E-state index is 10.7. The van der Waals surface area contributed by atoms with Crippen molar-refractivity contribution in [1.82, 2.24) is 4.57 Å². The summed E-state index contributed by atoms with van der Waals surface area (Å²) in [4.78, 5) is 0. The molecule has 0 aliphatic heterocycles. The molecule has 4 nitrogen and oxygen atoms in total. The van der Waals surface area contributed by atoms with Gasteiger partial charge in [-0.2, -0.15) is 0 Å². The summed E-state index contributed by atoms with van der Waals surface area (Å²) in [5.74, 6) is 0.863. The van der Waals surface area contributed by atoms with E-state index >= 15 is 0 Å². The number of rotatable bonds is 7. The first-order valence-electron chi connectivity index (χ1n) is 9.54. The van der Waals surface area contributed by atoms with Gasteiger partial charge < -0.3 is 14.9 Å². The van der Waals surface area contributed by atoms with Gasteiger partial charge >= 0.3 is 0 Å². The van der Waals surface area contributed by atoms with E-state index in [-0.39, 0.29) is 25.5 Å². The second kappa shape index (κ2) is 8.58. The highest BCUT2D eigenvalue weighted by Crippen LogP contribution is 2.45. The maximum absolute atomic E-state index is 10.7. The third kappa shape index (κ3) is 3.83. The van der Waals surface area contributed by atoms with Gasteiger partial charge in [-0.3, -0.25) is 4.57 Å². The van der Waals surface area contributed by atoms with Crippen LogP contribution in [0.2, 0.25) is 5.02 Å². The van der Waals surface area contributed by atoms with Gasteiger partial charge in [0.15, 0.2) is 0 Å². The second-order valence-corrected chi connectivity index (χ2v) is 10.1.